The number of hydrogen-bond acceptors (Lipinski definition) is 4. The highest BCUT2D eigenvalue weighted by atomic mass is 35.5. The third kappa shape index (κ3) is 6.40. The van der Waals surface area contributed by atoms with Gasteiger partial charge in [-0.1, -0.05) is 6.42 Å². The van der Waals surface area contributed by atoms with Crippen molar-refractivity contribution in [1.29, 1.82) is 0 Å². The lowest BCUT2D eigenvalue weighted by Crippen LogP contribution is -2.44. The Labute approximate surface area is 139 Å². The zero-order valence-electron chi connectivity index (χ0n) is 13.1. The Morgan fingerprint density at radius 2 is 2.00 bits per heavy atom. The van der Waals surface area contributed by atoms with E-state index in [2.05, 4.69) is 22.3 Å². The maximum Gasteiger partial charge on any atom is 0.223 e. The number of carbonyl (C=O) groups excluding carboxylic acids is 1. The monoisotopic (exact) mass is 353 g/mol. The van der Waals surface area contributed by atoms with Crippen molar-refractivity contribution in [2.24, 2.45) is 11.8 Å². The molecule has 1 heterocycles. The minimum absolute atomic E-state index is 0. The highest BCUT2D eigenvalue weighted by Gasteiger charge is 2.25. The van der Waals surface area contributed by atoms with Gasteiger partial charge in [0, 0.05) is 25.0 Å². The summed E-state index contributed by atoms with van der Waals surface area (Å²) in [6, 6.07) is 0.349. The molecule has 0 unspecified atom stereocenters. The average Bonchev–Trinajstić information content (AvgIpc) is 2.36. The van der Waals surface area contributed by atoms with Crippen molar-refractivity contribution in [3.8, 4) is 0 Å². The fourth-order valence-corrected chi connectivity index (χ4v) is 3.84. The summed E-state index contributed by atoms with van der Waals surface area (Å²) in [4.78, 5) is 12.0. The van der Waals surface area contributed by atoms with Gasteiger partial charge in [0.15, 0.2) is 0 Å². The molecule has 1 saturated heterocycles. The minimum Gasteiger partial charge on any atom is -0.355 e. The van der Waals surface area contributed by atoms with Crippen LogP contribution >= 0.6 is 12.4 Å². The Hall–Kier alpha value is -0.370. The van der Waals surface area contributed by atoms with Crippen molar-refractivity contribution in [2.45, 2.75) is 45.1 Å². The van der Waals surface area contributed by atoms with Crippen LogP contribution in [0.4, 0.5) is 0 Å². The second-order valence-electron chi connectivity index (χ2n) is 6.33. The summed E-state index contributed by atoms with van der Waals surface area (Å²) in [5, 5.41) is 6.06. The van der Waals surface area contributed by atoms with E-state index >= 15 is 0 Å². The molecule has 2 rings (SSSR count). The molecule has 22 heavy (non-hydrogen) atoms. The Kier molecular flexibility index (Phi) is 8.10. The van der Waals surface area contributed by atoms with Gasteiger partial charge in [-0.2, -0.15) is 0 Å². The molecule has 0 bridgehead atoms. The molecule has 1 aliphatic heterocycles. The van der Waals surface area contributed by atoms with Crippen LogP contribution in [0.3, 0.4) is 0 Å². The topological polar surface area (TPSA) is 87.3 Å². The summed E-state index contributed by atoms with van der Waals surface area (Å²) in [5.41, 5.74) is 0. The van der Waals surface area contributed by atoms with Crippen molar-refractivity contribution in [2.75, 3.05) is 25.4 Å². The number of rotatable bonds is 7. The molecule has 1 amide bonds. The molecular weight excluding hydrogens is 326 g/mol. The van der Waals surface area contributed by atoms with Crippen molar-refractivity contribution in [3.63, 3.8) is 0 Å². The summed E-state index contributed by atoms with van der Waals surface area (Å²) in [6.45, 7) is 3.65. The predicted molar refractivity (Wildman–Crippen MR) is 89.6 cm³/mol. The van der Waals surface area contributed by atoms with E-state index in [0.29, 0.717) is 18.5 Å². The van der Waals surface area contributed by atoms with E-state index in [1.807, 2.05) is 0 Å². The first-order chi connectivity index (χ1) is 9.96. The second-order valence-corrected chi connectivity index (χ2v) is 8.26. The Bertz CT molecular complexity index is 454. The molecule has 0 aromatic heterocycles. The molecule has 0 aromatic carbocycles. The van der Waals surface area contributed by atoms with Gasteiger partial charge >= 0.3 is 0 Å². The van der Waals surface area contributed by atoms with Crippen LogP contribution in [0.25, 0.3) is 0 Å². The van der Waals surface area contributed by atoms with Gasteiger partial charge in [0.25, 0.3) is 0 Å². The molecule has 3 N–H and O–H groups in total. The molecule has 0 aromatic rings. The normalized spacial score (nSPS) is 25.9. The summed E-state index contributed by atoms with van der Waals surface area (Å²) in [7, 11) is -3.27. The number of hydrogen-bond donors (Lipinski definition) is 3. The van der Waals surface area contributed by atoms with E-state index in [1.54, 1.807) is 0 Å². The lowest BCUT2D eigenvalue weighted by molar-refractivity contribution is -0.125. The first-order valence-electron chi connectivity index (χ1n) is 7.95. The SMILES string of the molecule is C[C@H]1C[C@@H](C(=O)NCCS(=O)(=O)NCC2CCC2)CCN1.Cl. The number of nitrogens with one attached hydrogen (secondary N) is 3. The van der Waals surface area contributed by atoms with Crippen molar-refractivity contribution < 1.29 is 13.2 Å². The molecule has 0 spiro atoms. The van der Waals surface area contributed by atoms with Crippen molar-refractivity contribution in [3.05, 3.63) is 0 Å². The van der Waals surface area contributed by atoms with Gasteiger partial charge in [0.1, 0.15) is 0 Å². The minimum atomic E-state index is -3.27. The van der Waals surface area contributed by atoms with Crippen LogP contribution in [0.5, 0.6) is 0 Å². The van der Waals surface area contributed by atoms with E-state index in [4.69, 9.17) is 0 Å². The number of amides is 1. The summed E-state index contributed by atoms with van der Waals surface area (Å²) < 4.78 is 26.3. The standard InChI is InChI=1S/C14H27N3O3S.ClH/c1-11-9-13(5-6-15-11)14(18)16-7-8-21(19,20)17-10-12-3-2-4-12;/h11-13,15,17H,2-10H2,1H3,(H,16,18);1H/t11-,13-;/m0./s1. The molecule has 2 aliphatic rings. The third-order valence-electron chi connectivity index (χ3n) is 4.48. The van der Waals surface area contributed by atoms with E-state index in [-0.39, 0.29) is 36.5 Å². The van der Waals surface area contributed by atoms with Crippen molar-refractivity contribution in [1.82, 2.24) is 15.4 Å². The molecule has 6 nitrogen and oxygen atoms in total. The summed E-state index contributed by atoms with van der Waals surface area (Å²) >= 11 is 0. The number of halogens is 1. The molecule has 8 heteroatoms. The fraction of sp³-hybridized carbons (Fsp3) is 0.929. The van der Waals surface area contributed by atoms with Gasteiger partial charge in [-0.25, -0.2) is 13.1 Å². The first-order valence-corrected chi connectivity index (χ1v) is 9.60. The molecular formula is C14H28ClN3O3S. The van der Waals surface area contributed by atoms with E-state index in [1.165, 1.54) is 6.42 Å². The van der Waals surface area contributed by atoms with Crippen LogP contribution in [0.15, 0.2) is 0 Å². The van der Waals surface area contributed by atoms with Crippen LogP contribution in [-0.4, -0.2) is 45.8 Å². The van der Waals surface area contributed by atoms with Crippen LogP contribution < -0.4 is 15.4 Å². The number of sulfonamides is 1. The zero-order valence-corrected chi connectivity index (χ0v) is 14.8. The Morgan fingerprint density at radius 3 is 2.59 bits per heavy atom. The molecule has 0 radical (unpaired) electrons. The highest BCUT2D eigenvalue weighted by molar-refractivity contribution is 7.89. The van der Waals surface area contributed by atoms with Gasteiger partial charge in [-0.15, -0.1) is 12.4 Å². The van der Waals surface area contributed by atoms with Crippen LogP contribution in [0, 0.1) is 11.8 Å². The maximum absolute atomic E-state index is 12.0. The maximum atomic E-state index is 12.0. The van der Waals surface area contributed by atoms with Crippen LogP contribution in [-0.2, 0) is 14.8 Å². The molecule has 2 fully saturated rings. The molecule has 1 aliphatic carbocycles. The predicted octanol–water partition coefficient (Wildman–Crippen LogP) is 0.632. The fourth-order valence-electron chi connectivity index (χ4n) is 2.84. The summed E-state index contributed by atoms with van der Waals surface area (Å²) in [5.74, 6) is 0.460. The van der Waals surface area contributed by atoms with Crippen LogP contribution in [0.2, 0.25) is 0 Å². The van der Waals surface area contributed by atoms with Gasteiger partial charge in [0.2, 0.25) is 15.9 Å². The van der Waals surface area contributed by atoms with Crippen LogP contribution in [0.1, 0.15) is 39.0 Å². The van der Waals surface area contributed by atoms with Gasteiger partial charge in [-0.3, -0.25) is 4.79 Å². The lowest BCUT2D eigenvalue weighted by Gasteiger charge is -2.27. The smallest absolute Gasteiger partial charge is 0.223 e. The van der Waals surface area contributed by atoms with E-state index < -0.39 is 10.0 Å². The molecule has 2 atom stereocenters. The highest BCUT2D eigenvalue weighted by Crippen LogP contribution is 2.25. The van der Waals surface area contributed by atoms with Crippen molar-refractivity contribution >= 4 is 28.3 Å². The first kappa shape index (κ1) is 19.7. The molecule has 130 valence electrons. The number of carbonyl (C=O) groups is 1. The number of piperidine rings is 1. The average molecular weight is 354 g/mol. The zero-order chi connectivity index (χ0) is 15.3. The largest absolute Gasteiger partial charge is 0.355 e. The Balaban J connectivity index is 0.00000242. The van der Waals surface area contributed by atoms with E-state index in [0.717, 1.165) is 32.2 Å². The second kappa shape index (κ2) is 9.05. The Morgan fingerprint density at radius 1 is 1.27 bits per heavy atom. The lowest BCUT2D eigenvalue weighted by atomic mass is 9.86. The summed E-state index contributed by atoms with van der Waals surface area (Å²) in [6.07, 6.45) is 5.08. The van der Waals surface area contributed by atoms with E-state index in [9.17, 15) is 13.2 Å². The van der Waals surface area contributed by atoms with Gasteiger partial charge in [0.05, 0.1) is 5.75 Å². The van der Waals surface area contributed by atoms with Gasteiger partial charge in [-0.05, 0) is 45.1 Å². The quantitative estimate of drug-likeness (QED) is 0.626. The third-order valence-corrected chi connectivity index (χ3v) is 5.83. The van der Waals surface area contributed by atoms with Gasteiger partial charge < -0.3 is 10.6 Å². The molecule has 1 saturated carbocycles.